The molecule has 2 aromatic rings. The van der Waals surface area contributed by atoms with Crippen molar-refractivity contribution in [2.75, 3.05) is 20.7 Å². The molecule has 0 spiro atoms. The molecule has 1 unspecified atom stereocenters. The number of nitrogens with one attached hydrogen (secondary N) is 1. The third-order valence-electron chi connectivity index (χ3n) is 3.94. The fourth-order valence-electron chi connectivity index (χ4n) is 2.39. The van der Waals surface area contributed by atoms with E-state index in [1.54, 1.807) is 19.2 Å². The summed E-state index contributed by atoms with van der Waals surface area (Å²) in [5, 5.41) is 3.05. The highest BCUT2D eigenvalue weighted by atomic mass is 35.5. The Balaban J connectivity index is 2.06. The van der Waals surface area contributed by atoms with Crippen molar-refractivity contribution in [3.05, 3.63) is 58.1 Å². The van der Waals surface area contributed by atoms with E-state index < -0.39 is 15.9 Å². The molecule has 0 aliphatic rings. The van der Waals surface area contributed by atoms with Crippen LogP contribution in [0.15, 0.2) is 47.4 Å². The number of halogens is 2. The molecule has 2 aromatic carbocycles. The van der Waals surface area contributed by atoms with Gasteiger partial charge in [0.2, 0.25) is 15.9 Å². The Bertz CT molecular complexity index is 917. The van der Waals surface area contributed by atoms with Crippen molar-refractivity contribution in [1.82, 2.24) is 9.62 Å². The number of benzene rings is 2. The summed E-state index contributed by atoms with van der Waals surface area (Å²) < 4.78 is 31.3. The molecule has 0 saturated carbocycles. The number of methoxy groups -OCH3 is 1. The van der Waals surface area contributed by atoms with Gasteiger partial charge in [0.05, 0.1) is 24.7 Å². The van der Waals surface area contributed by atoms with Gasteiger partial charge in [0.15, 0.2) is 0 Å². The monoisotopic (exact) mass is 430 g/mol. The molecule has 0 heterocycles. The second-order valence-electron chi connectivity index (χ2n) is 5.90. The molecule has 0 aliphatic carbocycles. The standard InChI is InChI=1S/C18H20Cl2N2O4S/c1-12(13-4-7-15(26-3)8-5-13)21-18(23)11-22(2)27(24,25)17-10-14(19)6-9-16(17)20/h4-10,12H,11H2,1-3H3,(H,21,23). The van der Waals surface area contributed by atoms with Gasteiger partial charge in [-0.25, -0.2) is 8.42 Å². The molecule has 6 nitrogen and oxygen atoms in total. The molecule has 1 amide bonds. The number of hydrogen-bond acceptors (Lipinski definition) is 4. The molecule has 1 N–H and O–H groups in total. The highest BCUT2D eigenvalue weighted by Crippen LogP contribution is 2.27. The molecule has 0 fully saturated rings. The number of carbonyl (C=O) groups is 1. The zero-order chi connectivity index (χ0) is 20.2. The third kappa shape index (κ3) is 5.35. The van der Waals surface area contributed by atoms with E-state index in [1.165, 1.54) is 25.2 Å². The Kier molecular flexibility index (Phi) is 7.11. The maximum Gasteiger partial charge on any atom is 0.244 e. The highest BCUT2D eigenvalue weighted by Gasteiger charge is 2.26. The Morgan fingerprint density at radius 2 is 1.81 bits per heavy atom. The predicted octanol–water partition coefficient (Wildman–Crippen LogP) is 3.50. The first-order valence-electron chi connectivity index (χ1n) is 8.00. The van der Waals surface area contributed by atoms with Gasteiger partial charge in [0.25, 0.3) is 0 Å². The lowest BCUT2D eigenvalue weighted by Crippen LogP contribution is -2.39. The lowest BCUT2D eigenvalue weighted by atomic mass is 10.1. The van der Waals surface area contributed by atoms with Gasteiger partial charge in [-0.15, -0.1) is 0 Å². The minimum Gasteiger partial charge on any atom is -0.497 e. The molecule has 146 valence electrons. The summed E-state index contributed by atoms with van der Waals surface area (Å²) in [6, 6.07) is 11.1. The first-order valence-corrected chi connectivity index (χ1v) is 10.2. The van der Waals surface area contributed by atoms with Gasteiger partial charge in [-0.2, -0.15) is 4.31 Å². The van der Waals surface area contributed by atoms with Crippen molar-refractivity contribution in [2.45, 2.75) is 17.9 Å². The molecular formula is C18H20Cl2N2O4S. The summed E-state index contributed by atoms with van der Waals surface area (Å²) in [7, 11) is -1.08. The van der Waals surface area contributed by atoms with Crippen LogP contribution in [0.2, 0.25) is 10.0 Å². The van der Waals surface area contributed by atoms with Gasteiger partial charge in [-0.1, -0.05) is 35.3 Å². The number of nitrogens with zero attached hydrogens (tertiary/aromatic N) is 1. The third-order valence-corrected chi connectivity index (χ3v) is 6.46. The fraction of sp³-hybridized carbons (Fsp3) is 0.278. The predicted molar refractivity (Wildman–Crippen MR) is 106 cm³/mol. The summed E-state index contributed by atoms with van der Waals surface area (Å²) in [5.74, 6) is 0.268. The Labute approximate surface area is 169 Å². The molecule has 0 bridgehead atoms. The normalized spacial score (nSPS) is 12.7. The van der Waals surface area contributed by atoms with Gasteiger partial charge in [-0.05, 0) is 42.8 Å². The smallest absolute Gasteiger partial charge is 0.244 e. The highest BCUT2D eigenvalue weighted by molar-refractivity contribution is 7.89. The number of likely N-dealkylation sites (N-methyl/N-ethyl adjacent to an activating group) is 1. The average molecular weight is 431 g/mol. The number of ether oxygens (including phenoxy) is 1. The lowest BCUT2D eigenvalue weighted by Gasteiger charge is -2.20. The van der Waals surface area contributed by atoms with Crippen LogP contribution in [0.1, 0.15) is 18.5 Å². The number of hydrogen-bond donors (Lipinski definition) is 1. The molecule has 0 aliphatic heterocycles. The Hall–Kier alpha value is -1.80. The topological polar surface area (TPSA) is 75.7 Å². The first-order chi connectivity index (χ1) is 12.6. The van der Waals surface area contributed by atoms with Crippen LogP contribution < -0.4 is 10.1 Å². The van der Waals surface area contributed by atoms with Crippen LogP contribution in [0.25, 0.3) is 0 Å². The summed E-state index contributed by atoms with van der Waals surface area (Å²) in [6.45, 7) is 1.45. The number of amides is 1. The van der Waals surface area contributed by atoms with E-state index in [9.17, 15) is 13.2 Å². The largest absolute Gasteiger partial charge is 0.497 e. The van der Waals surface area contributed by atoms with Crippen molar-refractivity contribution in [1.29, 1.82) is 0 Å². The summed E-state index contributed by atoms with van der Waals surface area (Å²) in [4.78, 5) is 12.1. The zero-order valence-electron chi connectivity index (χ0n) is 15.1. The quantitative estimate of drug-likeness (QED) is 0.728. The van der Waals surface area contributed by atoms with Crippen molar-refractivity contribution in [3.63, 3.8) is 0 Å². The Morgan fingerprint density at radius 3 is 2.41 bits per heavy atom. The van der Waals surface area contributed by atoms with Crippen LogP contribution in [-0.4, -0.2) is 39.3 Å². The summed E-state index contributed by atoms with van der Waals surface area (Å²) in [6.07, 6.45) is 0. The average Bonchev–Trinajstić information content (AvgIpc) is 2.63. The minimum absolute atomic E-state index is 0.0401. The van der Waals surface area contributed by atoms with E-state index in [-0.39, 0.29) is 27.5 Å². The van der Waals surface area contributed by atoms with Crippen LogP contribution in [0, 0.1) is 0 Å². The van der Waals surface area contributed by atoms with E-state index in [0.29, 0.717) is 5.75 Å². The van der Waals surface area contributed by atoms with Crippen LogP contribution in [-0.2, 0) is 14.8 Å². The van der Waals surface area contributed by atoms with Crippen molar-refractivity contribution in [3.8, 4) is 5.75 Å². The molecule has 1 atom stereocenters. The molecule has 0 saturated heterocycles. The molecule has 9 heteroatoms. The van der Waals surface area contributed by atoms with Crippen molar-refractivity contribution < 1.29 is 17.9 Å². The fourth-order valence-corrected chi connectivity index (χ4v) is 4.25. The lowest BCUT2D eigenvalue weighted by molar-refractivity contribution is -0.121. The van der Waals surface area contributed by atoms with E-state index in [1.807, 2.05) is 19.1 Å². The Morgan fingerprint density at radius 1 is 1.19 bits per heavy atom. The SMILES string of the molecule is COc1ccc(C(C)NC(=O)CN(C)S(=O)(=O)c2cc(Cl)ccc2Cl)cc1. The van der Waals surface area contributed by atoms with Crippen LogP contribution in [0.5, 0.6) is 5.75 Å². The van der Waals surface area contributed by atoms with Gasteiger partial charge >= 0.3 is 0 Å². The van der Waals surface area contributed by atoms with Crippen molar-refractivity contribution in [2.24, 2.45) is 0 Å². The van der Waals surface area contributed by atoms with E-state index >= 15 is 0 Å². The second kappa shape index (κ2) is 8.93. The zero-order valence-corrected chi connectivity index (χ0v) is 17.4. The summed E-state index contributed by atoms with van der Waals surface area (Å²) in [5.41, 5.74) is 0.868. The molecule has 27 heavy (non-hydrogen) atoms. The number of sulfonamides is 1. The molecule has 2 rings (SSSR count). The van der Waals surface area contributed by atoms with Gasteiger partial charge < -0.3 is 10.1 Å². The van der Waals surface area contributed by atoms with Crippen LogP contribution in [0.3, 0.4) is 0 Å². The van der Waals surface area contributed by atoms with Crippen molar-refractivity contribution >= 4 is 39.1 Å². The maximum atomic E-state index is 12.7. The van der Waals surface area contributed by atoms with E-state index in [2.05, 4.69) is 5.32 Å². The van der Waals surface area contributed by atoms with E-state index in [4.69, 9.17) is 27.9 Å². The molecule has 0 radical (unpaired) electrons. The van der Waals surface area contributed by atoms with E-state index in [0.717, 1.165) is 9.87 Å². The maximum absolute atomic E-state index is 12.7. The van der Waals surface area contributed by atoms with Crippen LogP contribution in [0.4, 0.5) is 0 Å². The molecular weight excluding hydrogens is 411 g/mol. The number of carbonyl (C=O) groups excluding carboxylic acids is 1. The minimum atomic E-state index is -3.96. The van der Waals surface area contributed by atoms with Gasteiger partial charge in [0, 0.05) is 12.1 Å². The second-order valence-corrected chi connectivity index (χ2v) is 8.76. The molecule has 0 aromatic heterocycles. The van der Waals surface area contributed by atoms with Gasteiger partial charge in [0.1, 0.15) is 10.6 Å². The number of rotatable bonds is 7. The first kappa shape index (κ1) is 21.5. The van der Waals surface area contributed by atoms with Gasteiger partial charge in [-0.3, -0.25) is 4.79 Å². The summed E-state index contributed by atoms with van der Waals surface area (Å²) >= 11 is 11.8. The van der Waals surface area contributed by atoms with Crippen LogP contribution >= 0.6 is 23.2 Å².